The predicted molar refractivity (Wildman–Crippen MR) is 84.6 cm³/mol. The summed E-state index contributed by atoms with van der Waals surface area (Å²) >= 11 is 5.91. The molecule has 0 bridgehead atoms. The quantitative estimate of drug-likeness (QED) is 0.796. The van der Waals surface area contributed by atoms with Crippen LogP contribution in [-0.2, 0) is 14.9 Å². The molecule has 1 aromatic carbocycles. The smallest absolute Gasteiger partial charge is 0.408 e. The van der Waals surface area contributed by atoms with Crippen molar-refractivity contribution in [3.8, 4) is 0 Å². The number of nitrogens with one attached hydrogen (secondary N) is 1. The van der Waals surface area contributed by atoms with E-state index in [1.165, 1.54) is 0 Å². The predicted octanol–water partition coefficient (Wildman–Crippen LogP) is 3.18. The summed E-state index contributed by atoms with van der Waals surface area (Å²) in [5, 5.41) is 3.05. The number of hydrogen-bond acceptors (Lipinski definition) is 4. The highest BCUT2D eigenvalue weighted by Gasteiger charge is 2.22. The zero-order valence-electron chi connectivity index (χ0n) is 12.7. The van der Waals surface area contributed by atoms with Gasteiger partial charge in [-0.3, -0.25) is 4.55 Å². The fourth-order valence-electron chi connectivity index (χ4n) is 1.76. The van der Waals surface area contributed by atoms with Gasteiger partial charge in [-0.2, -0.15) is 8.42 Å². The molecule has 0 aliphatic carbocycles. The van der Waals surface area contributed by atoms with Crippen LogP contribution in [0, 0.1) is 0 Å². The zero-order chi connectivity index (χ0) is 17.0. The average molecular weight is 350 g/mol. The van der Waals surface area contributed by atoms with Gasteiger partial charge in [-0.05, 0) is 44.9 Å². The SMILES string of the molecule is CC(C)(C)OC(=O)NC(CCS(=O)(=O)O)c1cccc(Cl)c1. The highest BCUT2D eigenvalue weighted by molar-refractivity contribution is 7.85. The van der Waals surface area contributed by atoms with Gasteiger partial charge in [0.1, 0.15) is 5.60 Å². The van der Waals surface area contributed by atoms with Crippen LogP contribution >= 0.6 is 11.6 Å². The van der Waals surface area contributed by atoms with Crippen molar-refractivity contribution >= 4 is 27.8 Å². The van der Waals surface area contributed by atoms with Crippen LogP contribution in [-0.4, -0.2) is 30.4 Å². The molecular weight excluding hydrogens is 330 g/mol. The topological polar surface area (TPSA) is 92.7 Å². The Morgan fingerprint density at radius 2 is 2.05 bits per heavy atom. The molecule has 6 nitrogen and oxygen atoms in total. The summed E-state index contributed by atoms with van der Waals surface area (Å²) in [6.45, 7) is 5.16. The fourth-order valence-corrected chi connectivity index (χ4v) is 2.49. The Kier molecular flexibility index (Phi) is 6.22. The molecule has 0 saturated carbocycles. The second kappa shape index (κ2) is 7.30. The molecule has 0 fully saturated rings. The standard InChI is InChI=1S/C14H20ClNO5S/c1-14(2,3)21-13(17)16-12(7-8-22(18,19)20)10-5-4-6-11(15)9-10/h4-6,9,12H,7-8H2,1-3H3,(H,16,17)(H,18,19,20). The van der Waals surface area contributed by atoms with Crippen molar-refractivity contribution in [3.05, 3.63) is 34.9 Å². The van der Waals surface area contributed by atoms with Crippen molar-refractivity contribution in [1.29, 1.82) is 0 Å². The van der Waals surface area contributed by atoms with Crippen LogP contribution in [0.25, 0.3) is 0 Å². The minimum Gasteiger partial charge on any atom is -0.444 e. The molecule has 1 rings (SSSR count). The van der Waals surface area contributed by atoms with Gasteiger partial charge < -0.3 is 10.1 Å². The van der Waals surface area contributed by atoms with Crippen molar-refractivity contribution in [2.75, 3.05) is 5.75 Å². The van der Waals surface area contributed by atoms with Gasteiger partial charge in [-0.1, -0.05) is 23.7 Å². The van der Waals surface area contributed by atoms with Gasteiger partial charge in [-0.25, -0.2) is 4.79 Å². The van der Waals surface area contributed by atoms with Gasteiger partial charge in [0.2, 0.25) is 0 Å². The molecule has 0 saturated heterocycles. The molecule has 1 amide bonds. The number of ether oxygens (including phenoxy) is 1. The summed E-state index contributed by atoms with van der Waals surface area (Å²) in [7, 11) is -4.13. The van der Waals surface area contributed by atoms with E-state index in [0.29, 0.717) is 10.6 Å². The molecule has 0 heterocycles. The van der Waals surface area contributed by atoms with Gasteiger partial charge in [0.25, 0.3) is 10.1 Å². The molecule has 0 aliphatic heterocycles. The van der Waals surface area contributed by atoms with Gasteiger partial charge in [0.05, 0.1) is 11.8 Å². The van der Waals surface area contributed by atoms with E-state index in [2.05, 4.69) is 5.32 Å². The second-order valence-corrected chi connectivity index (χ2v) is 7.84. The van der Waals surface area contributed by atoms with Gasteiger partial charge >= 0.3 is 6.09 Å². The van der Waals surface area contributed by atoms with E-state index in [4.69, 9.17) is 20.9 Å². The maximum atomic E-state index is 11.9. The van der Waals surface area contributed by atoms with Gasteiger partial charge in [-0.15, -0.1) is 0 Å². The van der Waals surface area contributed by atoms with E-state index in [1.54, 1.807) is 45.0 Å². The molecule has 0 spiro atoms. The van der Waals surface area contributed by atoms with Crippen LogP contribution in [0.4, 0.5) is 4.79 Å². The second-order valence-electron chi connectivity index (χ2n) is 5.83. The monoisotopic (exact) mass is 349 g/mol. The summed E-state index contributed by atoms with van der Waals surface area (Å²) in [5.74, 6) is -0.486. The Morgan fingerprint density at radius 3 is 2.55 bits per heavy atom. The Hall–Kier alpha value is -1.31. The minimum absolute atomic E-state index is 0.00157. The number of rotatable bonds is 5. The summed E-state index contributed by atoms with van der Waals surface area (Å²) in [5.41, 5.74) is -0.0477. The summed E-state index contributed by atoms with van der Waals surface area (Å²) < 4.78 is 35.9. The Balaban J connectivity index is 2.89. The first-order valence-electron chi connectivity index (χ1n) is 6.66. The summed E-state index contributed by atoms with van der Waals surface area (Å²) in [4.78, 5) is 11.9. The third-order valence-corrected chi connectivity index (χ3v) is 3.59. The number of amides is 1. The molecular formula is C14H20ClNO5S. The normalized spacial score (nSPS) is 13.5. The summed E-state index contributed by atoms with van der Waals surface area (Å²) in [6, 6.07) is 6.04. The lowest BCUT2D eigenvalue weighted by Gasteiger charge is -2.24. The van der Waals surface area contributed by atoms with E-state index < -0.39 is 33.6 Å². The number of hydrogen-bond donors (Lipinski definition) is 2. The average Bonchev–Trinajstić information content (AvgIpc) is 2.31. The first-order valence-corrected chi connectivity index (χ1v) is 8.65. The molecule has 124 valence electrons. The van der Waals surface area contributed by atoms with E-state index in [0.717, 1.165) is 0 Å². The van der Waals surface area contributed by atoms with Crippen LogP contribution in [0.2, 0.25) is 5.02 Å². The maximum Gasteiger partial charge on any atom is 0.408 e. The van der Waals surface area contributed by atoms with Crippen LogP contribution < -0.4 is 5.32 Å². The van der Waals surface area contributed by atoms with E-state index in [-0.39, 0.29) is 6.42 Å². The molecule has 0 aliphatic rings. The van der Waals surface area contributed by atoms with Crippen molar-refractivity contribution < 1.29 is 22.5 Å². The molecule has 0 radical (unpaired) electrons. The third kappa shape index (κ3) is 7.63. The first kappa shape index (κ1) is 18.7. The molecule has 0 aromatic heterocycles. The molecule has 22 heavy (non-hydrogen) atoms. The first-order chi connectivity index (χ1) is 9.96. The third-order valence-electron chi connectivity index (χ3n) is 2.61. The zero-order valence-corrected chi connectivity index (χ0v) is 14.2. The molecule has 1 atom stereocenters. The minimum atomic E-state index is -4.13. The Labute approximate surface area is 135 Å². The van der Waals surface area contributed by atoms with Gasteiger partial charge in [0.15, 0.2) is 0 Å². The molecule has 1 unspecified atom stereocenters. The number of carbonyl (C=O) groups excluding carboxylic acids is 1. The number of benzene rings is 1. The van der Waals surface area contributed by atoms with E-state index in [9.17, 15) is 13.2 Å². The Bertz CT molecular complexity index is 624. The summed E-state index contributed by atoms with van der Waals surface area (Å²) in [6.07, 6.45) is -0.675. The molecule has 2 N–H and O–H groups in total. The van der Waals surface area contributed by atoms with Crippen molar-refractivity contribution in [3.63, 3.8) is 0 Å². The lowest BCUT2D eigenvalue weighted by atomic mass is 10.0. The van der Waals surface area contributed by atoms with E-state index >= 15 is 0 Å². The van der Waals surface area contributed by atoms with E-state index in [1.807, 2.05) is 0 Å². The molecule has 8 heteroatoms. The number of alkyl carbamates (subject to hydrolysis) is 1. The lowest BCUT2D eigenvalue weighted by Crippen LogP contribution is -2.35. The van der Waals surface area contributed by atoms with Crippen molar-refractivity contribution in [1.82, 2.24) is 5.32 Å². The largest absolute Gasteiger partial charge is 0.444 e. The Morgan fingerprint density at radius 1 is 1.41 bits per heavy atom. The van der Waals surface area contributed by atoms with Crippen LogP contribution in [0.5, 0.6) is 0 Å². The number of carbonyl (C=O) groups is 1. The van der Waals surface area contributed by atoms with Crippen molar-refractivity contribution in [2.24, 2.45) is 0 Å². The van der Waals surface area contributed by atoms with Crippen LogP contribution in [0.15, 0.2) is 24.3 Å². The van der Waals surface area contributed by atoms with Crippen molar-refractivity contribution in [2.45, 2.75) is 38.8 Å². The van der Waals surface area contributed by atoms with Crippen LogP contribution in [0.1, 0.15) is 38.8 Å². The number of halogens is 1. The maximum absolute atomic E-state index is 11.9. The highest BCUT2D eigenvalue weighted by Crippen LogP contribution is 2.22. The van der Waals surface area contributed by atoms with Crippen LogP contribution in [0.3, 0.4) is 0 Å². The van der Waals surface area contributed by atoms with Gasteiger partial charge in [0, 0.05) is 5.02 Å². The molecule has 1 aromatic rings. The fraction of sp³-hybridized carbons (Fsp3) is 0.500. The highest BCUT2D eigenvalue weighted by atomic mass is 35.5. The lowest BCUT2D eigenvalue weighted by molar-refractivity contribution is 0.0502.